The Hall–Kier alpha value is -4.73. The predicted molar refractivity (Wildman–Crippen MR) is 155 cm³/mol. The largest absolute Gasteiger partial charge is 0.364 e. The van der Waals surface area contributed by atoms with E-state index in [4.69, 9.17) is 10.7 Å². The van der Waals surface area contributed by atoms with Crippen LogP contribution in [0.5, 0.6) is 0 Å². The first kappa shape index (κ1) is 26.9. The highest BCUT2D eigenvalue weighted by atomic mass is 16.2. The molecule has 0 spiro atoms. The average molecular weight is 540 g/mol. The number of piperidine rings is 1. The number of amides is 3. The molecule has 3 aromatic rings. The molecule has 2 atom stereocenters. The minimum absolute atomic E-state index is 0.00607. The first-order chi connectivity index (χ1) is 19.3. The molecule has 3 amide bonds. The summed E-state index contributed by atoms with van der Waals surface area (Å²) in [7, 11) is 0. The number of benzene rings is 2. The van der Waals surface area contributed by atoms with Crippen LogP contribution in [0.4, 0.5) is 23.0 Å². The molecule has 10 heteroatoms. The van der Waals surface area contributed by atoms with E-state index in [-0.39, 0.29) is 35.4 Å². The Morgan fingerprint density at radius 3 is 2.52 bits per heavy atom. The molecule has 40 heavy (non-hydrogen) atoms. The van der Waals surface area contributed by atoms with Gasteiger partial charge in [-0.05, 0) is 80.5 Å². The fourth-order valence-corrected chi connectivity index (χ4v) is 5.02. The van der Waals surface area contributed by atoms with Crippen molar-refractivity contribution in [2.45, 2.75) is 50.6 Å². The van der Waals surface area contributed by atoms with Crippen molar-refractivity contribution in [2.75, 3.05) is 22.1 Å². The van der Waals surface area contributed by atoms with Gasteiger partial charge in [-0.2, -0.15) is 0 Å². The Morgan fingerprint density at radius 1 is 1.07 bits per heavy atom. The molecule has 10 nitrogen and oxygen atoms in total. The van der Waals surface area contributed by atoms with Gasteiger partial charge in [0.2, 0.25) is 5.91 Å². The Balaban J connectivity index is 1.32. The van der Waals surface area contributed by atoms with Gasteiger partial charge in [-0.3, -0.25) is 14.4 Å². The number of rotatable bonds is 9. The first-order valence-corrected chi connectivity index (χ1v) is 13.5. The van der Waals surface area contributed by atoms with Gasteiger partial charge in [0.1, 0.15) is 5.82 Å². The van der Waals surface area contributed by atoms with E-state index in [2.05, 4.69) is 44.5 Å². The summed E-state index contributed by atoms with van der Waals surface area (Å²) in [4.78, 5) is 48.0. The second-order valence-corrected chi connectivity index (χ2v) is 10.2. The molecule has 1 aliphatic carbocycles. The number of hydrogen-bond acceptors (Lipinski definition) is 7. The Labute approximate surface area is 233 Å². The number of anilines is 4. The van der Waals surface area contributed by atoms with Crippen LogP contribution in [0.2, 0.25) is 0 Å². The van der Waals surface area contributed by atoms with Crippen molar-refractivity contribution in [3.8, 4) is 0 Å². The van der Waals surface area contributed by atoms with Gasteiger partial charge in [0.15, 0.2) is 11.5 Å². The molecule has 1 aromatic heterocycles. The number of hydrogen-bond donors (Lipinski definition) is 4. The topological polar surface area (TPSA) is 142 Å². The monoisotopic (exact) mass is 539 g/mol. The fourth-order valence-electron chi connectivity index (χ4n) is 5.02. The first-order valence-electron chi connectivity index (χ1n) is 13.5. The Kier molecular flexibility index (Phi) is 7.77. The number of nitrogens with two attached hydrogens (primary N) is 1. The molecular weight excluding hydrogens is 506 g/mol. The zero-order valence-corrected chi connectivity index (χ0v) is 22.4. The molecule has 2 unspecified atom stereocenters. The van der Waals surface area contributed by atoms with Crippen LogP contribution in [-0.4, -0.2) is 46.3 Å². The lowest BCUT2D eigenvalue weighted by atomic mass is 9.97. The number of carbonyl (C=O) groups excluding carboxylic acids is 3. The third-order valence-corrected chi connectivity index (χ3v) is 7.39. The summed E-state index contributed by atoms with van der Waals surface area (Å²) in [5, 5.41) is 9.01. The molecule has 2 aliphatic rings. The highest BCUT2D eigenvalue weighted by Gasteiger charge is 2.31. The maximum absolute atomic E-state index is 13.0. The summed E-state index contributed by atoms with van der Waals surface area (Å²) in [5.41, 5.74) is 8.66. The third-order valence-electron chi connectivity index (χ3n) is 7.39. The summed E-state index contributed by atoms with van der Waals surface area (Å²) in [6.07, 6.45) is 6.85. The van der Waals surface area contributed by atoms with E-state index in [0.717, 1.165) is 19.4 Å². The summed E-state index contributed by atoms with van der Waals surface area (Å²) >= 11 is 0. The molecule has 5 rings (SSSR count). The lowest BCUT2D eigenvalue weighted by Crippen LogP contribution is -2.54. The lowest BCUT2D eigenvalue weighted by Gasteiger charge is -2.40. The SMILES string of the molecule is C=CC(=O)Nc1cccc(Nc2nc(N3CCCC(NC(=O)c4ccc(C5CC5)cc4)C3C)cnc2C(N)=O)c1. The van der Waals surface area contributed by atoms with Gasteiger partial charge in [-0.25, -0.2) is 9.97 Å². The van der Waals surface area contributed by atoms with Crippen molar-refractivity contribution < 1.29 is 14.4 Å². The van der Waals surface area contributed by atoms with Crippen LogP contribution >= 0.6 is 0 Å². The van der Waals surface area contributed by atoms with E-state index in [9.17, 15) is 14.4 Å². The number of primary amides is 1. The smallest absolute Gasteiger partial charge is 0.271 e. The molecule has 2 aromatic carbocycles. The minimum Gasteiger partial charge on any atom is -0.364 e. The van der Waals surface area contributed by atoms with E-state index >= 15 is 0 Å². The van der Waals surface area contributed by atoms with Crippen LogP contribution in [0.3, 0.4) is 0 Å². The van der Waals surface area contributed by atoms with Gasteiger partial charge in [0.05, 0.1) is 6.20 Å². The average Bonchev–Trinajstić information content (AvgIpc) is 3.80. The van der Waals surface area contributed by atoms with Gasteiger partial charge >= 0.3 is 0 Å². The van der Waals surface area contributed by atoms with Crippen molar-refractivity contribution in [3.63, 3.8) is 0 Å². The van der Waals surface area contributed by atoms with Gasteiger partial charge in [0.25, 0.3) is 11.8 Å². The van der Waals surface area contributed by atoms with Crippen LogP contribution in [0, 0.1) is 0 Å². The zero-order chi connectivity index (χ0) is 28.2. The molecule has 206 valence electrons. The zero-order valence-electron chi connectivity index (χ0n) is 22.4. The fraction of sp³-hybridized carbons (Fsp3) is 0.300. The lowest BCUT2D eigenvalue weighted by molar-refractivity contribution is -0.111. The third kappa shape index (κ3) is 6.12. The van der Waals surface area contributed by atoms with Crippen LogP contribution in [0.25, 0.3) is 0 Å². The predicted octanol–water partition coefficient (Wildman–Crippen LogP) is 4.11. The van der Waals surface area contributed by atoms with Crippen molar-refractivity contribution in [3.05, 3.63) is 84.2 Å². The van der Waals surface area contributed by atoms with Crippen LogP contribution in [0.15, 0.2) is 67.4 Å². The van der Waals surface area contributed by atoms with Crippen molar-refractivity contribution >= 4 is 40.7 Å². The highest BCUT2D eigenvalue weighted by Crippen LogP contribution is 2.40. The molecule has 2 fully saturated rings. The van der Waals surface area contributed by atoms with Gasteiger partial charge in [-0.1, -0.05) is 24.8 Å². The van der Waals surface area contributed by atoms with Crippen molar-refractivity contribution in [1.82, 2.24) is 15.3 Å². The second-order valence-electron chi connectivity index (χ2n) is 10.2. The number of nitrogens with zero attached hydrogens (tertiary/aromatic N) is 3. The maximum atomic E-state index is 13.0. The van der Waals surface area contributed by atoms with E-state index in [1.807, 2.05) is 19.1 Å². The maximum Gasteiger partial charge on any atom is 0.271 e. The van der Waals surface area contributed by atoms with Crippen LogP contribution < -0.4 is 26.6 Å². The standard InChI is InChI=1S/C30H33N7O3/c1-3-26(38)33-22-6-4-7-23(16-22)34-29-27(28(31)39)32-17-25(36-29)37-15-5-8-24(18(37)2)35-30(40)21-13-11-20(12-14-21)19-9-10-19/h3-4,6-7,11-14,16-19,24H,1,5,8-10,15H2,2H3,(H2,31,39)(H,33,38)(H,34,36)(H,35,40). The van der Waals surface area contributed by atoms with E-state index in [1.54, 1.807) is 24.3 Å². The Morgan fingerprint density at radius 2 is 1.82 bits per heavy atom. The van der Waals surface area contributed by atoms with Crippen LogP contribution in [0.1, 0.15) is 64.9 Å². The van der Waals surface area contributed by atoms with Gasteiger partial charge in [-0.15, -0.1) is 0 Å². The summed E-state index contributed by atoms with van der Waals surface area (Å²) in [6, 6.07) is 14.7. The number of aromatic nitrogens is 2. The molecule has 0 radical (unpaired) electrons. The molecule has 1 saturated heterocycles. The molecule has 5 N–H and O–H groups in total. The van der Waals surface area contributed by atoms with Gasteiger partial charge < -0.3 is 26.6 Å². The number of carbonyl (C=O) groups is 3. The molecule has 1 aliphatic heterocycles. The van der Waals surface area contributed by atoms with Crippen LogP contribution in [-0.2, 0) is 4.79 Å². The molecule has 0 bridgehead atoms. The summed E-state index contributed by atoms with van der Waals surface area (Å²) < 4.78 is 0. The molecule has 1 saturated carbocycles. The summed E-state index contributed by atoms with van der Waals surface area (Å²) in [6.45, 7) is 6.22. The van der Waals surface area contributed by atoms with Crippen molar-refractivity contribution in [2.24, 2.45) is 5.73 Å². The van der Waals surface area contributed by atoms with Crippen molar-refractivity contribution in [1.29, 1.82) is 0 Å². The second kappa shape index (κ2) is 11.6. The molecule has 2 heterocycles. The molecular formula is C30H33N7O3. The van der Waals surface area contributed by atoms with E-state index in [1.165, 1.54) is 30.7 Å². The Bertz CT molecular complexity index is 1440. The number of nitrogens with one attached hydrogen (secondary N) is 3. The normalized spacial score (nSPS) is 18.5. The minimum atomic E-state index is -0.720. The summed E-state index contributed by atoms with van der Waals surface area (Å²) in [5.74, 6) is 0.250. The van der Waals surface area contributed by atoms with E-state index in [0.29, 0.717) is 28.7 Å². The highest BCUT2D eigenvalue weighted by molar-refractivity contribution is 5.99. The van der Waals surface area contributed by atoms with Gasteiger partial charge in [0, 0.05) is 35.6 Å². The quantitative estimate of drug-likeness (QED) is 0.300. The van der Waals surface area contributed by atoms with E-state index < -0.39 is 5.91 Å².